The van der Waals surface area contributed by atoms with Gasteiger partial charge in [0.2, 0.25) is 0 Å². The quantitative estimate of drug-likeness (QED) is 0.748. The molecule has 0 fully saturated rings. The Labute approximate surface area is 111 Å². The molecule has 1 nitrogen and oxygen atoms in total. The maximum Gasteiger partial charge on any atom is 0.0413 e. The van der Waals surface area contributed by atoms with E-state index in [1.807, 2.05) is 48.7 Å². The molecule has 17 heavy (non-hydrogen) atoms. The molecule has 1 aromatic carbocycles. The van der Waals surface area contributed by atoms with Gasteiger partial charge in [0.1, 0.15) is 0 Å². The summed E-state index contributed by atoms with van der Waals surface area (Å²) < 4.78 is 0. The summed E-state index contributed by atoms with van der Waals surface area (Å²) in [6.07, 6.45) is 5.55. The van der Waals surface area contributed by atoms with Crippen molar-refractivity contribution in [3.8, 4) is 0 Å². The van der Waals surface area contributed by atoms with Gasteiger partial charge in [0.25, 0.3) is 0 Å². The van der Waals surface area contributed by atoms with E-state index in [1.54, 1.807) is 6.20 Å². The Bertz CT molecular complexity index is 504. The van der Waals surface area contributed by atoms with Crippen molar-refractivity contribution in [3.63, 3.8) is 0 Å². The molecule has 0 radical (unpaired) electrons. The summed E-state index contributed by atoms with van der Waals surface area (Å²) in [4.78, 5) is 4.12. The van der Waals surface area contributed by atoms with E-state index in [4.69, 9.17) is 23.2 Å². The summed E-state index contributed by atoms with van der Waals surface area (Å²) in [6.45, 7) is 0. The van der Waals surface area contributed by atoms with E-state index >= 15 is 0 Å². The zero-order valence-corrected chi connectivity index (χ0v) is 10.6. The number of aromatic nitrogens is 1. The predicted octanol–water partition coefficient (Wildman–Crippen LogP) is 4.41. The smallest absolute Gasteiger partial charge is 0.0413 e. The molecular formula is C14H11Cl2N. The third-order valence-electron chi connectivity index (χ3n) is 2.41. The first-order chi connectivity index (χ1) is 8.31. The van der Waals surface area contributed by atoms with Crippen molar-refractivity contribution >= 4 is 28.8 Å². The number of hydrogen-bond acceptors (Lipinski definition) is 1. The van der Waals surface area contributed by atoms with Crippen LogP contribution < -0.4 is 0 Å². The standard InChI is InChI=1S/C14H11Cl2N/c15-8-7-14(12-2-1-9-17-10-12)11-3-5-13(16)6-4-11/h1-7,9-10H,8H2/b14-7-. The number of rotatable bonds is 3. The second kappa shape index (κ2) is 5.85. The zero-order chi connectivity index (χ0) is 12.1. The minimum atomic E-state index is 0.465. The van der Waals surface area contributed by atoms with Gasteiger partial charge in [-0.1, -0.05) is 35.9 Å². The molecule has 3 heteroatoms. The largest absolute Gasteiger partial charge is 0.264 e. The molecule has 0 aliphatic carbocycles. The van der Waals surface area contributed by atoms with Gasteiger partial charge in [-0.05, 0) is 29.3 Å². The van der Waals surface area contributed by atoms with Crippen molar-refractivity contribution in [2.45, 2.75) is 0 Å². The van der Waals surface area contributed by atoms with Crippen LogP contribution in [0.1, 0.15) is 11.1 Å². The van der Waals surface area contributed by atoms with Gasteiger partial charge >= 0.3 is 0 Å². The molecule has 1 aromatic heterocycles. The minimum absolute atomic E-state index is 0.465. The fourth-order valence-electron chi connectivity index (χ4n) is 1.63. The van der Waals surface area contributed by atoms with Crippen molar-refractivity contribution in [2.24, 2.45) is 0 Å². The van der Waals surface area contributed by atoms with Crippen molar-refractivity contribution in [2.75, 3.05) is 5.88 Å². The van der Waals surface area contributed by atoms with E-state index in [0.717, 1.165) is 21.7 Å². The number of halogens is 2. The molecule has 0 bridgehead atoms. The van der Waals surface area contributed by atoms with E-state index in [-0.39, 0.29) is 0 Å². The molecule has 0 unspecified atom stereocenters. The average molecular weight is 264 g/mol. The van der Waals surface area contributed by atoms with Gasteiger partial charge in [0.15, 0.2) is 0 Å². The second-order valence-electron chi connectivity index (χ2n) is 3.52. The molecule has 0 spiro atoms. The fourth-order valence-corrected chi connectivity index (χ4v) is 1.91. The molecule has 2 rings (SSSR count). The highest BCUT2D eigenvalue weighted by molar-refractivity contribution is 6.30. The highest BCUT2D eigenvalue weighted by Gasteiger charge is 2.04. The van der Waals surface area contributed by atoms with Gasteiger partial charge in [0.05, 0.1) is 0 Å². The number of allylic oxidation sites excluding steroid dienone is 1. The first-order valence-electron chi connectivity index (χ1n) is 5.23. The minimum Gasteiger partial charge on any atom is -0.264 e. The van der Waals surface area contributed by atoms with Gasteiger partial charge in [-0.3, -0.25) is 4.98 Å². The third-order valence-corrected chi connectivity index (χ3v) is 2.82. The maximum absolute atomic E-state index is 5.88. The fraction of sp³-hybridized carbons (Fsp3) is 0.0714. The molecular weight excluding hydrogens is 253 g/mol. The van der Waals surface area contributed by atoms with Crippen LogP contribution >= 0.6 is 23.2 Å². The lowest BCUT2D eigenvalue weighted by Gasteiger charge is -2.07. The Balaban J connectivity index is 2.44. The van der Waals surface area contributed by atoms with Gasteiger partial charge in [-0.25, -0.2) is 0 Å². The SMILES string of the molecule is ClC/C=C(/c1ccc(Cl)cc1)c1cccnc1. The number of benzene rings is 1. The predicted molar refractivity (Wildman–Crippen MR) is 73.5 cm³/mol. The molecule has 86 valence electrons. The Morgan fingerprint density at radius 2 is 1.88 bits per heavy atom. The molecule has 1 heterocycles. The lowest BCUT2D eigenvalue weighted by molar-refractivity contribution is 1.31. The van der Waals surface area contributed by atoms with Gasteiger partial charge in [0, 0.05) is 28.9 Å². The molecule has 0 N–H and O–H groups in total. The summed E-state index contributed by atoms with van der Waals surface area (Å²) in [5, 5.41) is 0.727. The van der Waals surface area contributed by atoms with Gasteiger partial charge < -0.3 is 0 Å². The average Bonchev–Trinajstić information content (AvgIpc) is 2.38. The molecule has 0 aliphatic rings. The van der Waals surface area contributed by atoms with Gasteiger partial charge in [-0.15, -0.1) is 11.6 Å². The summed E-state index contributed by atoms with van der Waals surface area (Å²) >= 11 is 11.7. The normalized spacial score (nSPS) is 11.5. The molecule has 0 atom stereocenters. The summed E-state index contributed by atoms with van der Waals surface area (Å²) in [7, 11) is 0. The first kappa shape index (κ1) is 12.2. The Kier molecular flexibility index (Phi) is 4.18. The number of alkyl halides is 1. The van der Waals surface area contributed by atoms with Crippen LogP contribution in [-0.4, -0.2) is 10.9 Å². The third kappa shape index (κ3) is 3.09. The second-order valence-corrected chi connectivity index (χ2v) is 4.27. The molecule has 0 amide bonds. The topological polar surface area (TPSA) is 12.9 Å². The summed E-state index contributed by atoms with van der Waals surface area (Å²) in [5.74, 6) is 0.465. The van der Waals surface area contributed by atoms with Crippen LogP contribution in [0.15, 0.2) is 54.9 Å². The lowest BCUT2D eigenvalue weighted by atomic mass is 9.99. The highest BCUT2D eigenvalue weighted by atomic mass is 35.5. The Hall–Kier alpha value is -1.31. The van der Waals surface area contributed by atoms with Crippen LogP contribution in [0.25, 0.3) is 5.57 Å². The van der Waals surface area contributed by atoms with Crippen LogP contribution in [0, 0.1) is 0 Å². The maximum atomic E-state index is 5.88. The van der Waals surface area contributed by atoms with Crippen molar-refractivity contribution in [1.82, 2.24) is 4.98 Å². The summed E-state index contributed by atoms with van der Waals surface area (Å²) in [6, 6.07) is 11.6. The van der Waals surface area contributed by atoms with E-state index in [9.17, 15) is 0 Å². The highest BCUT2D eigenvalue weighted by Crippen LogP contribution is 2.24. The van der Waals surface area contributed by atoms with Crippen molar-refractivity contribution in [3.05, 3.63) is 71.0 Å². The molecule has 2 aromatic rings. The Morgan fingerprint density at radius 1 is 1.12 bits per heavy atom. The zero-order valence-electron chi connectivity index (χ0n) is 9.11. The van der Waals surface area contributed by atoms with Crippen LogP contribution in [0.2, 0.25) is 5.02 Å². The number of hydrogen-bond donors (Lipinski definition) is 0. The van der Waals surface area contributed by atoms with E-state index in [2.05, 4.69) is 4.98 Å². The monoisotopic (exact) mass is 263 g/mol. The molecule has 0 saturated heterocycles. The number of nitrogens with zero attached hydrogens (tertiary/aromatic N) is 1. The summed E-state index contributed by atoms with van der Waals surface area (Å²) in [5.41, 5.74) is 3.21. The lowest BCUT2D eigenvalue weighted by Crippen LogP contribution is -1.89. The molecule has 0 saturated carbocycles. The van der Waals surface area contributed by atoms with Crippen LogP contribution in [0.4, 0.5) is 0 Å². The molecule has 0 aliphatic heterocycles. The van der Waals surface area contributed by atoms with Crippen LogP contribution in [0.5, 0.6) is 0 Å². The van der Waals surface area contributed by atoms with E-state index in [0.29, 0.717) is 5.88 Å². The Morgan fingerprint density at radius 3 is 2.47 bits per heavy atom. The van der Waals surface area contributed by atoms with Crippen LogP contribution in [0.3, 0.4) is 0 Å². The van der Waals surface area contributed by atoms with Gasteiger partial charge in [-0.2, -0.15) is 0 Å². The van der Waals surface area contributed by atoms with Crippen LogP contribution in [-0.2, 0) is 0 Å². The van der Waals surface area contributed by atoms with Crippen molar-refractivity contribution in [1.29, 1.82) is 0 Å². The first-order valence-corrected chi connectivity index (χ1v) is 6.15. The van der Waals surface area contributed by atoms with E-state index < -0.39 is 0 Å². The van der Waals surface area contributed by atoms with E-state index in [1.165, 1.54) is 0 Å². The van der Waals surface area contributed by atoms with Crippen molar-refractivity contribution < 1.29 is 0 Å². The number of pyridine rings is 1.